The van der Waals surface area contributed by atoms with E-state index in [-0.39, 0.29) is 5.91 Å². The van der Waals surface area contributed by atoms with E-state index in [4.69, 9.17) is 4.98 Å². The smallest absolute Gasteiger partial charge is 0.263 e. The summed E-state index contributed by atoms with van der Waals surface area (Å²) in [7, 11) is 3.62. The first-order valence-corrected chi connectivity index (χ1v) is 12.6. The third kappa shape index (κ3) is 3.73. The van der Waals surface area contributed by atoms with Crippen LogP contribution in [-0.2, 0) is 0 Å². The number of rotatable bonds is 5. The molecule has 8 nitrogen and oxygen atoms in total. The van der Waals surface area contributed by atoms with Gasteiger partial charge in [-0.05, 0) is 37.3 Å². The lowest BCUT2D eigenvalue weighted by molar-refractivity contribution is 0.0831. The van der Waals surface area contributed by atoms with Crippen LogP contribution in [-0.4, -0.2) is 65.0 Å². The Balaban J connectivity index is 1.28. The summed E-state index contributed by atoms with van der Waals surface area (Å²) in [6.07, 6.45) is 9.63. The van der Waals surface area contributed by atoms with Gasteiger partial charge in [-0.3, -0.25) is 4.79 Å². The largest absolute Gasteiger partial charge is 0.364 e. The molecule has 0 aromatic carbocycles. The summed E-state index contributed by atoms with van der Waals surface area (Å²) in [5, 5.41) is 6.81. The molecular weight excluding hydrogens is 434 g/mol. The third-order valence-corrected chi connectivity index (χ3v) is 8.32. The average molecular weight is 464 g/mol. The van der Waals surface area contributed by atoms with E-state index < -0.39 is 0 Å². The highest BCUT2D eigenvalue weighted by Gasteiger charge is 2.37. The molecule has 6 rings (SSSR count). The molecule has 3 aromatic rings. The number of carbonyl (C=O) groups is 1. The van der Waals surface area contributed by atoms with E-state index in [1.54, 1.807) is 4.90 Å². The van der Waals surface area contributed by atoms with Gasteiger partial charge >= 0.3 is 0 Å². The minimum Gasteiger partial charge on any atom is -0.364 e. The predicted molar refractivity (Wildman–Crippen MR) is 132 cm³/mol. The van der Waals surface area contributed by atoms with Gasteiger partial charge in [0, 0.05) is 44.8 Å². The molecule has 3 aliphatic rings. The number of fused-ring (bicyclic) bond motifs is 3. The van der Waals surface area contributed by atoms with Crippen LogP contribution in [0.1, 0.15) is 53.3 Å². The van der Waals surface area contributed by atoms with Crippen molar-refractivity contribution in [1.29, 1.82) is 0 Å². The zero-order chi connectivity index (χ0) is 22.5. The Labute approximate surface area is 197 Å². The second kappa shape index (κ2) is 8.22. The molecule has 2 aliphatic heterocycles. The monoisotopic (exact) mass is 463 g/mol. The maximum absolute atomic E-state index is 12.9. The summed E-state index contributed by atoms with van der Waals surface area (Å²) >= 11 is 1.51. The minimum absolute atomic E-state index is 0.0532. The molecule has 2 bridgehead atoms. The maximum atomic E-state index is 12.9. The van der Waals surface area contributed by atoms with Crippen LogP contribution in [0.5, 0.6) is 0 Å². The van der Waals surface area contributed by atoms with E-state index in [1.165, 1.54) is 36.3 Å². The van der Waals surface area contributed by atoms with Crippen LogP contribution in [0.4, 0.5) is 17.5 Å². The summed E-state index contributed by atoms with van der Waals surface area (Å²) in [5.41, 5.74) is 3.18. The number of hydrogen-bond acceptors (Lipinski definition) is 8. The van der Waals surface area contributed by atoms with E-state index in [0.29, 0.717) is 23.9 Å². The number of nitrogens with one attached hydrogen (secondary N) is 2. The number of amides is 1. The van der Waals surface area contributed by atoms with Gasteiger partial charge < -0.3 is 20.4 Å². The van der Waals surface area contributed by atoms with Gasteiger partial charge in [-0.25, -0.2) is 15.0 Å². The van der Waals surface area contributed by atoms with E-state index >= 15 is 0 Å². The number of nitrogens with zero attached hydrogens (tertiary/aromatic N) is 5. The fraction of sp³-hybridized carbons (Fsp3) is 0.500. The first-order chi connectivity index (χ1) is 16.1. The first-order valence-electron chi connectivity index (χ1n) is 11.8. The van der Waals surface area contributed by atoms with Crippen LogP contribution in [0, 0.1) is 0 Å². The van der Waals surface area contributed by atoms with Gasteiger partial charge in [-0.2, -0.15) is 0 Å². The van der Waals surface area contributed by atoms with Crippen molar-refractivity contribution in [2.75, 3.05) is 37.4 Å². The second-order valence-electron chi connectivity index (χ2n) is 9.61. The highest BCUT2D eigenvalue weighted by Crippen LogP contribution is 2.43. The minimum atomic E-state index is 0.0532. The number of thiophene rings is 1. The number of pyridine rings is 1. The van der Waals surface area contributed by atoms with Gasteiger partial charge in [-0.15, -0.1) is 11.3 Å². The van der Waals surface area contributed by atoms with Crippen molar-refractivity contribution < 1.29 is 4.79 Å². The van der Waals surface area contributed by atoms with Crippen molar-refractivity contribution in [3.05, 3.63) is 35.0 Å². The molecule has 2 N–H and O–H groups in total. The van der Waals surface area contributed by atoms with E-state index in [2.05, 4.69) is 31.6 Å². The first kappa shape index (κ1) is 20.8. The zero-order valence-corrected chi connectivity index (χ0v) is 19.9. The van der Waals surface area contributed by atoms with Crippen molar-refractivity contribution in [3.8, 4) is 0 Å². The standard InChI is InChI=1S/C24H29N7OS/c1-30(2)23(32)22-20(14-5-3-4-6-14)21-18(33-22)12-27-24(29-21)28-19-8-7-16(10-26-19)31-13-15-9-17(31)11-25-15/h7-8,10,12,14-15,17,25H,3-6,9,11,13H2,1-2H3,(H,26,27,28,29). The topological polar surface area (TPSA) is 86.3 Å². The summed E-state index contributed by atoms with van der Waals surface area (Å²) in [6.45, 7) is 2.11. The van der Waals surface area contributed by atoms with E-state index in [0.717, 1.165) is 52.4 Å². The molecule has 0 spiro atoms. The number of hydrogen-bond donors (Lipinski definition) is 2. The van der Waals surface area contributed by atoms with Gasteiger partial charge in [0.05, 0.1) is 33.2 Å². The molecule has 3 fully saturated rings. The highest BCUT2D eigenvalue weighted by atomic mass is 32.1. The van der Waals surface area contributed by atoms with Gasteiger partial charge in [0.1, 0.15) is 5.82 Å². The Bertz CT molecular complexity index is 1190. The molecule has 2 unspecified atom stereocenters. The van der Waals surface area contributed by atoms with Crippen LogP contribution >= 0.6 is 11.3 Å². The normalized spacial score (nSPS) is 22.4. The fourth-order valence-corrected chi connectivity index (χ4v) is 6.77. The molecular formula is C24H29N7OS. The molecule has 9 heteroatoms. The van der Waals surface area contributed by atoms with Gasteiger partial charge in [0.15, 0.2) is 0 Å². The molecule has 2 atom stereocenters. The third-order valence-electron chi connectivity index (χ3n) is 7.21. The summed E-state index contributed by atoms with van der Waals surface area (Å²) < 4.78 is 0.966. The molecule has 0 radical (unpaired) electrons. The predicted octanol–water partition coefficient (Wildman–Crippen LogP) is 3.74. The Kier molecular flexibility index (Phi) is 5.18. The van der Waals surface area contributed by atoms with Crippen molar-refractivity contribution in [3.63, 3.8) is 0 Å². The van der Waals surface area contributed by atoms with Crippen molar-refractivity contribution in [2.45, 2.75) is 50.1 Å². The van der Waals surface area contributed by atoms with Crippen LogP contribution in [0.2, 0.25) is 0 Å². The molecule has 5 heterocycles. The quantitative estimate of drug-likeness (QED) is 0.596. The van der Waals surface area contributed by atoms with Crippen molar-refractivity contribution in [1.82, 2.24) is 25.2 Å². The Hall–Kier alpha value is -2.78. The maximum Gasteiger partial charge on any atom is 0.263 e. The highest BCUT2D eigenvalue weighted by molar-refractivity contribution is 7.21. The van der Waals surface area contributed by atoms with Crippen LogP contribution < -0.4 is 15.5 Å². The van der Waals surface area contributed by atoms with Crippen molar-refractivity contribution in [2.24, 2.45) is 0 Å². The van der Waals surface area contributed by atoms with Gasteiger partial charge in [0.25, 0.3) is 5.91 Å². The molecule has 172 valence electrons. The average Bonchev–Trinajstić information content (AvgIpc) is 3.62. The molecule has 1 amide bonds. The number of piperazine rings is 1. The molecule has 1 aliphatic carbocycles. The van der Waals surface area contributed by atoms with Crippen molar-refractivity contribution >= 4 is 44.9 Å². The zero-order valence-electron chi connectivity index (χ0n) is 19.0. The Morgan fingerprint density at radius 3 is 2.73 bits per heavy atom. The molecule has 3 aromatic heterocycles. The summed E-state index contributed by atoms with van der Waals surface area (Å²) in [5.74, 6) is 1.69. The van der Waals surface area contributed by atoms with E-state index in [1.807, 2.05) is 32.6 Å². The molecule has 33 heavy (non-hydrogen) atoms. The lowest BCUT2D eigenvalue weighted by atomic mass is 9.96. The molecule has 1 saturated carbocycles. The lowest BCUT2D eigenvalue weighted by Crippen LogP contribution is -2.43. The number of aromatic nitrogens is 3. The Morgan fingerprint density at radius 2 is 2.06 bits per heavy atom. The van der Waals surface area contributed by atoms with E-state index in [9.17, 15) is 4.79 Å². The van der Waals surface area contributed by atoms with Gasteiger partial charge in [-0.1, -0.05) is 12.8 Å². The lowest BCUT2D eigenvalue weighted by Gasteiger charge is -2.29. The van der Waals surface area contributed by atoms with Gasteiger partial charge in [0.2, 0.25) is 5.95 Å². The summed E-state index contributed by atoms with van der Waals surface area (Å²) in [6, 6.07) is 5.30. The van der Waals surface area contributed by atoms with Crippen LogP contribution in [0.3, 0.4) is 0 Å². The number of carbonyl (C=O) groups excluding carboxylic acids is 1. The summed E-state index contributed by atoms with van der Waals surface area (Å²) in [4.78, 5) is 31.8. The second-order valence-corrected chi connectivity index (χ2v) is 10.7. The number of anilines is 3. The molecule has 2 saturated heterocycles. The van der Waals surface area contributed by atoms with Crippen LogP contribution in [0.25, 0.3) is 10.2 Å². The fourth-order valence-electron chi connectivity index (χ4n) is 5.55. The van der Waals surface area contributed by atoms with Crippen LogP contribution in [0.15, 0.2) is 24.5 Å². The Morgan fingerprint density at radius 1 is 1.21 bits per heavy atom. The SMILES string of the molecule is CN(C)C(=O)c1sc2cnc(Nc3ccc(N4CC5CC4CN5)cn3)nc2c1C1CCCC1.